The van der Waals surface area contributed by atoms with Gasteiger partial charge in [-0.05, 0) is 91.5 Å². The zero-order valence-electron chi connectivity index (χ0n) is 22.2. The van der Waals surface area contributed by atoms with Crippen molar-refractivity contribution in [2.24, 2.45) is 11.3 Å². The van der Waals surface area contributed by atoms with E-state index in [-0.39, 0.29) is 37.5 Å². The predicted octanol–water partition coefficient (Wildman–Crippen LogP) is 5.82. The van der Waals surface area contributed by atoms with Crippen LogP contribution in [0.1, 0.15) is 107 Å². The molecule has 1 atom stereocenters. The second kappa shape index (κ2) is 11.4. The summed E-state index contributed by atoms with van der Waals surface area (Å²) in [6, 6.07) is 0. The van der Waals surface area contributed by atoms with Crippen LogP contribution < -0.4 is 0 Å². The zero-order chi connectivity index (χ0) is 24.9. The van der Waals surface area contributed by atoms with Gasteiger partial charge in [0.2, 0.25) is 0 Å². The molecule has 2 rings (SSSR count). The third-order valence-corrected chi connectivity index (χ3v) is 7.55. The van der Waals surface area contributed by atoms with Gasteiger partial charge in [-0.15, -0.1) is 0 Å². The standard InChI is InChI=1S/C26H45BO6/c1-9-13-20(21(14-10-2)27-32-24(5,6)25(7,8)33-27)17-19-15-16-26(18-19,22(28)30-11-3)23(29)31-12-4/h19H,9-18H2,1-8H3/b21-20-. The van der Waals surface area contributed by atoms with E-state index >= 15 is 0 Å². The number of allylic oxidation sites excluding steroid dienone is 2. The lowest BCUT2D eigenvalue weighted by atomic mass is 9.70. The first-order chi connectivity index (χ1) is 15.5. The Morgan fingerprint density at radius 1 is 0.879 bits per heavy atom. The fourth-order valence-electron chi connectivity index (χ4n) is 5.07. The van der Waals surface area contributed by atoms with Crippen LogP contribution >= 0.6 is 0 Å². The lowest BCUT2D eigenvalue weighted by Gasteiger charge is -2.32. The molecule has 0 bridgehead atoms. The molecule has 6 nitrogen and oxygen atoms in total. The summed E-state index contributed by atoms with van der Waals surface area (Å²) in [4.78, 5) is 25.7. The monoisotopic (exact) mass is 464 g/mol. The van der Waals surface area contributed by atoms with E-state index in [0.717, 1.165) is 38.5 Å². The summed E-state index contributed by atoms with van der Waals surface area (Å²) < 4.78 is 23.5. The first-order valence-electron chi connectivity index (χ1n) is 12.9. The van der Waals surface area contributed by atoms with Gasteiger partial charge < -0.3 is 18.8 Å². The largest absolute Gasteiger partial charge is 0.490 e. The fourth-order valence-corrected chi connectivity index (χ4v) is 5.07. The van der Waals surface area contributed by atoms with E-state index in [0.29, 0.717) is 12.8 Å². The smallest absolute Gasteiger partial charge is 0.465 e. The Hall–Kier alpha value is -1.34. The van der Waals surface area contributed by atoms with Crippen LogP contribution in [0.2, 0.25) is 0 Å². The van der Waals surface area contributed by atoms with Crippen LogP contribution in [0, 0.1) is 11.3 Å². The van der Waals surface area contributed by atoms with Gasteiger partial charge in [0.25, 0.3) is 0 Å². The molecule has 2 aliphatic rings. The second-order valence-electron chi connectivity index (χ2n) is 10.6. The van der Waals surface area contributed by atoms with Crippen LogP contribution in [-0.2, 0) is 28.4 Å². The van der Waals surface area contributed by atoms with Crippen molar-refractivity contribution in [3.63, 3.8) is 0 Å². The maximum Gasteiger partial charge on any atom is 0.490 e. The van der Waals surface area contributed by atoms with Crippen LogP contribution in [0.3, 0.4) is 0 Å². The van der Waals surface area contributed by atoms with E-state index < -0.39 is 17.4 Å². The normalized spacial score (nSPS) is 23.9. The lowest BCUT2D eigenvalue weighted by Crippen LogP contribution is -2.41. The highest BCUT2D eigenvalue weighted by Crippen LogP contribution is 2.48. The van der Waals surface area contributed by atoms with Crippen LogP contribution in [-0.4, -0.2) is 43.5 Å². The van der Waals surface area contributed by atoms with Gasteiger partial charge in [0.1, 0.15) is 0 Å². The topological polar surface area (TPSA) is 71.1 Å². The molecule has 1 saturated heterocycles. The molecule has 7 heteroatoms. The number of carbonyl (C=O) groups is 2. The SMILES string of the molecule is CCC/C(CC1CCC(C(=O)OCC)(C(=O)OCC)C1)=C(\CCC)B1OC(C)(C)C(C)(C)O1. The van der Waals surface area contributed by atoms with Gasteiger partial charge in [-0.3, -0.25) is 9.59 Å². The van der Waals surface area contributed by atoms with E-state index in [9.17, 15) is 9.59 Å². The van der Waals surface area contributed by atoms with E-state index in [2.05, 4.69) is 41.5 Å². The van der Waals surface area contributed by atoms with Gasteiger partial charge in [0, 0.05) is 0 Å². The Balaban J connectivity index is 2.32. The molecule has 0 amide bonds. The highest BCUT2D eigenvalue weighted by Gasteiger charge is 2.55. The number of hydrogen-bond donors (Lipinski definition) is 0. The van der Waals surface area contributed by atoms with Crippen molar-refractivity contribution in [2.75, 3.05) is 13.2 Å². The molecule has 0 radical (unpaired) electrons. The average molecular weight is 464 g/mol. The maximum atomic E-state index is 12.9. The Kier molecular flexibility index (Phi) is 9.64. The van der Waals surface area contributed by atoms with Gasteiger partial charge in [0.15, 0.2) is 5.41 Å². The molecule has 33 heavy (non-hydrogen) atoms. The zero-order valence-corrected chi connectivity index (χ0v) is 22.2. The molecule has 1 aliphatic heterocycles. The third-order valence-electron chi connectivity index (χ3n) is 7.55. The van der Waals surface area contributed by atoms with Crippen LogP contribution in [0.15, 0.2) is 11.0 Å². The Bertz CT molecular complexity index is 692. The van der Waals surface area contributed by atoms with Gasteiger partial charge in [0.05, 0.1) is 24.4 Å². The highest BCUT2D eigenvalue weighted by molar-refractivity contribution is 6.54. The number of ether oxygens (including phenoxy) is 2. The van der Waals surface area contributed by atoms with Crippen molar-refractivity contribution in [3.8, 4) is 0 Å². The van der Waals surface area contributed by atoms with Crippen LogP contribution in [0.5, 0.6) is 0 Å². The van der Waals surface area contributed by atoms with E-state index in [1.54, 1.807) is 13.8 Å². The summed E-state index contributed by atoms with van der Waals surface area (Å²) in [6.45, 7) is 16.8. The molecular formula is C26H45BO6. The number of hydrogen-bond acceptors (Lipinski definition) is 6. The molecular weight excluding hydrogens is 419 g/mol. The summed E-state index contributed by atoms with van der Waals surface area (Å²) in [5, 5.41) is 0. The summed E-state index contributed by atoms with van der Waals surface area (Å²) in [5.74, 6) is -0.659. The van der Waals surface area contributed by atoms with E-state index in [1.807, 2.05) is 0 Å². The predicted molar refractivity (Wildman–Crippen MR) is 131 cm³/mol. The Morgan fingerprint density at radius 2 is 1.39 bits per heavy atom. The molecule has 2 fully saturated rings. The van der Waals surface area contributed by atoms with Gasteiger partial charge in [-0.1, -0.05) is 32.3 Å². The molecule has 0 aromatic heterocycles. The van der Waals surface area contributed by atoms with Crippen molar-refractivity contribution in [1.82, 2.24) is 0 Å². The van der Waals surface area contributed by atoms with E-state index in [1.165, 1.54) is 11.0 Å². The first-order valence-corrected chi connectivity index (χ1v) is 12.9. The summed E-state index contributed by atoms with van der Waals surface area (Å²) in [5.41, 5.74) is 0.645. The molecule has 1 unspecified atom stereocenters. The average Bonchev–Trinajstić information content (AvgIpc) is 3.25. The number of rotatable bonds is 11. The molecule has 0 N–H and O–H groups in total. The van der Waals surface area contributed by atoms with Crippen molar-refractivity contribution in [1.29, 1.82) is 0 Å². The van der Waals surface area contributed by atoms with Crippen LogP contribution in [0.4, 0.5) is 0 Å². The molecule has 0 aromatic rings. The molecule has 0 aromatic carbocycles. The van der Waals surface area contributed by atoms with E-state index in [4.69, 9.17) is 18.8 Å². The maximum absolute atomic E-state index is 12.9. The molecule has 1 aliphatic carbocycles. The quantitative estimate of drug-likeness (QED) is 0.218. The second-order valence-corrected chi connectivity index (χ2v) is 10.6. The Labute approximate surface area is 201 Å². The number of carbonyl (C=O) groups excluding carboxylic acids is 2. The number of esters is 2. The fraction of sp³-hybridized carbons (Fsp3) is 0.846. The van der Waals surface area contributed by atoms with Crippen molar-refractivity contribution < 1.29 is 28.4 Å². The highest BCUT2D eigenvalue weighted by atomic mass is 16.7. The molecule has 1 heterocycles. The van der Waals surface area contributed by atoms with Gasteiger partial charge >= 0.3 is 19.1 Å². The van der Waals surface area contributed by atoms with Crippen molar-refractivity contribution in [2.45, 2.75) is 118 Å². The summed E-state index contributed by atoms with van der Waals surface area (Å²) in [7, 11) is -0.349. The Morgan fingerprint density at radius 3 is 1.85 bits per heavy atom. The molecule has 188 valence electrons. The molecule has 0 spiro atoms. The minimum absolute atomic E-state index is 0.217. The van der Waals surface area contributed by atoms with Crippen molar-refractivity contribution >= 4 is 19.1 Å². The first kappa shape index (κ1) is 27.9. The van der Waals surface area contributed by atoms with Gasteiger partial charge in [-0.2, -0.15) is 0 Å². The third kappa shape index (κ3) is 6.03. The van der Waals surface area contributed by atoms with Crippen molar-refractivity contribution in [3.05, 3.63) is 11.0 Å². The van der Waals surface area contributed by atoms with Gasteiger partial charge in [-0.25, -0.2) is 0 Å². The summed E-state index contributed by atoms with van der Waals surface area (Å²) in [6.07, 6.45) is 6.50. The minimum atomic E-state index is -1.18. The summed E-state index contributed by atoms with van der Waals surface area (Å²) >= 11 is 0. The minimum Gasteiger partial charge on any atom is -0.465 e. The lowest BCUT2D eigenvalue weighted by molar-refractivity contribution is -0.171. The molecule has 1 saturated carbocycles. The van der Waals surface area contributed by atoms with Crippen LogP contribution in [0.25, 0.3) is 0 Å².